The van der Waals surface area contributed by atoms with Crippen LogP contribution in [-0.4, -0.2) is 58.7 Å². The molecule has 0 aliphatic heterocycles. The van der Waals surface area contributed by atoms with Gasteiger partial charge in [0.25, 0.3) is 12.3 Å². The molecule has 1 amide bonds. The third kappa shape index (κ3) is 4.91. The van der Waals surface area contributed by atoms with Crippen LogP contribution in [0.1, 0.15) is 16.1 Å². The summed E-state index contributed by atoms with van der Waals surface area (Å²) in [5, 5.41) is 17.3. The number of rotatable bonds is 5. The zero-order chi connectivity index (χ0) is 15.0. The third-order valence-electron chi connectivity index (χ3n) is 2.31. The SMILES string of the molecule is O=C(c1ccc(C#CCO)cn1)N(CCO)CC(F)F. The van der Waals surface area contributed by atoms with Crippen molar-refractivity contribution in [2.24, 2.45) is 0 Å². The first-order chi connectivity index (χ1) is 9.58. The highest BCUT2D eigenvalue weighted by Gasteiger charge is 2.20. The topological polar surface area (TPSA) is 73.7 Å². The second-order valence-corrected chi connectivity index (χ2v) is 3.76. The number of aliphatic hydroxyl groups excluding tert-OH is 2. The van der Waals surface area contributed by atoms with Crippen LogP contribution < -0.4 is 0 Å². The van der Waals surface area contributed by atoms with Crippen molar-refractivity contribution in [1.29, 1.82) is 0 Å². The second kappa shape index (κ2) is 8.19. The molecule has 0 spiro atoms. The van der Waals surface area contributed by atoms with E-state index in [1.54, 1.807) is 0 Å². The number of carbonyl (C=O) groups is 1. The van der Waals surface area contributed by atoms with E-state index in [1.807, 2.05) is 0 Å². The molecule has 108 valence electrons. The molecular formula is C13H14F2N2O3. The molecule has 0 radical (unpaired) electrons. The maximum Gasteiger partial charge on any atom is 0.272 e. The lowest BCUT2D eigenvalue weighted by Crippen LogP contribution is -2.37. The van der Waals surface area contributed by atoms with Gasteiger partial charge in [0.05, 0.1) is 13.2 Å². The minimum absolute atomic E-state index is 0.00588. The molecule has 20 heavy (non-hydrogen) atoms. The molecule has 0 unspecified atom stereocenters. The average molecular weight is 284 g/mol. The van der Waals surface area contributed by atoms with Crippen molar-refractivity contribution >= 4 is 5.91 Å². The molecule has 0 aliphatic rings. The number of aliphatic hydroxyl groups is 2. The number of hydrogen-bond acceptors (Lipinski definition) is 4. The Morgan fingerprint density at radius 2 is 2.15 bits per heavy atom. The van der Waals surface area contributed by atoms with Gasteiger partial charge in [-0.2, -0.15) is 0 Å². The van der Waals surface area contributed by atoms with E-state index in [0.717, 1.165) is 4.90 Å². The summed E-state index contributed by atoms with van der Waals surface area (Å²) in [6.45, 7) is -1.64. The Bertz CT molecular complexity index is 495. The normalized spacial score (nSPS) is 10.1. The van der Waals surface area contributed by atoms with Crippen LogP contribution in [0.4, 0.5) is 8.78 Å². The molecule has 5 nitrogen and oxygen atoms in total. The van der Waals surface area contributed by atoms with Gasteiger partial charge in [0, 0.05) is 18.3 Å². The van der Waals surface area contributed by atoms with Crippen molar-refractivity contribution < 1.29 is 23.8 Å². The predicted octanol–water partition coefficient (Wildman–Crippen LogP) is 0.125. The number of alkyl halides is 2. The van der Waals surface area contributed by atoms with Crippen molar-refractivity contribution in [3.05, 3.63) is 29.6 Å². The molecule has 0 fully saturated rings. The lowest BCUT2D eigenvalue weighted by molar-refractivity contribution is 0.0504. The van der Waals surface area contributed by atoms with Gasteiger partial charge in [-0.1, -0.05) is 11.8 Å². The van der Waals surface area contributed by atoms with Crippen LogP contribution in [0.25, 0.3) is 0 Å². The van der Waals surface area contributed by atoms with Gasteiger partial charge < -0.3 is 15.1 Å². The Morgan fingerprint density at radius 1 is 1.40 bits per heavy atom. The molecule has 0 bridgehead atoms. The number of aromatic nitrogens is 1. The predicted molar refractivity (Wildman–Crippen MR) is 67.2 cm³/mol. The second-order valence-electron chi connectivity index (χ2n) is 3.76. The van der Waals surface area contributed by atoms with E-state index in [4.69, 9.17) is 10.2 Å². The summed E-state index contributed by atoms with van der Waals surface area (Å²) in [7, 11) is 0. The van der Waals surface area contributed by atoms with Crippen molar-refractivity contribution in [3.8, 4) is 11.8 Å². The fraction of sp³-hybridized carbons (Fsp3) is 0.385. The number of hydrogen-bond donors (Lipinski definition) is 2. The van der Waals surface area contributed by atoms with Crippen LogP contribution in [0.2, 0.25) is 0 Å². The van der Waals surface area contributed by atoms with E-state index in [-0.39, 0.29) is 18.8 Å². The maximum atomic E-state index is 12.3. The zero-order valence-electron chi connectivity index (χ0n) is 10.6. The van der Waals surface area contributed by atoms with Gasteiger partial charge in [0.2, 0.25) is 0 Å². The van der Waals surface area contributed by atoms with E-state index in [1.165, 1.54) is 18.3 Å². The van der Waals surface area contributed by atoms with E-state index in [0.29, 0.717) is 5.56 Å². The highest BCUT2D eigenvalue weighted by atomic mass is 19.3. The van der Waals surface area contributed by atoms with Gasteiger partial charge in [-0.25, -0.2) is 13.8 Å². The van der Waals surface area contributed by atoms with Crippen LogP contribution in [0.15, 0.2) is 18.3 Å². The third-order valence-corrected chi connectivity index (χ3v) is 2.31. The molecule has 0 atom stereocenters. The molecule has 0 aliphatic carbocycles. The highest BCUT2D eigenvalue weighted by Crippen LogP contribution is 2.06. The van der Waals surface area contributed by atoms with Gasteiger partial charge in [-0.15, -0.1) is 0 Å². The van der Waals surface area contributed by atoms with Gasteiger partial charge in [-0.3, -0.25) is 4.79 Å². The van der Waals surface area contributed by atoms with Crippen LogP contribution in [0, 0.1) is 11.8 Å². The zero-order valence-corrected chi connectivity index (χ0v) is 10.6. The maximum absolute atomic E-state index is 12.3. The van der Waals surface area contributed by atoms with Gasteiger partial charge in [0.15, 0.2) is 0 Å². The molecule has 0 saturated heterocycles. The van der Waals surface area contributed by atoms with E-state index >= 15 is 0 Å². The Labute approximate surface area is 114 Å². The van der Waals surface area contributed by atoms with E-state index in [9.17, 15) is 13.6 Å². The van der Waals surface area contributed by atoms with Crippen LogP contribution in [0.5, 0.6) is 0 Å². The Hall–Kier alpha value is -2.04. The molecule has 0 saturated carbocycles. The molecule has 1 rings (SSSR count). The first-order valence-corrected chi connectivity index (χ1v) is 5.82. The molecule has 2 N–H and O–H groups in total. The van der Waals surface area contributed by atoms with Gasteiger partial charge in [0.1, 0.15) is 12.3 Å². The van der Waals surface area contributed by atoms with Crippen molar-refractivity contribution in [3.63, 3.8) is 0 Å². The Balaban J connectivity index is 2.83. The monoisotopic (exact) mass is 284 g/mol. The number of halogens is 2. The molecule has 7 heteroatoms. The van der Waals surface area contributed by atoms with Crippen molar-refractivity contribution in [1.82, 2.24) is 9.88 Å². The molecular weight excluding hydrogens is 270 g/mol. The number of pyridine rings is 1. The molecule has 0 aromatic carbocycles. The quantitative estimate of drug-likeness (QED) is 0.754. The largest absolute Gasteiger partial charge is 0.395 e. The minimum atomic E-state index is -2.68. The van der Waals surface area contributed by atoms with Crippen LogP contribution in [-0.2, 0) is 0 Å². The fourth-order valence-corrected chi connectivity index (χ4v) is 1.46. The summed E-state index contributed by atoms with van der Waals surface area (Å²) in [5.74, 6) is 4.34. The average Bonchev–Trinajstić information content (AvgIpc) is 2.44. The summed E-state index contributed by atoms with van der Waals surface area (Å²) in [6.07, 6.45) is -1.37. The standard InChI is InChI=1S/C13H14F2N2O3/c14-12(15)9-17(5-7-19)13(20)11-4-3-10(8-16-11)2-1-6-18/h3-4,8,12,18-19H,5-7,9H2. The first-order valence-electron chi connectivity index (χ1n) is 5.82. The first kappa shape index (κ1) is 16.0. The van der Waals surface area contributed by atoms with Gasteiger partial charge >= 0.3 is 0 Å². The smallest absolute Gasteiger partial charge is 0.272 e. The molecule has 1 aromatic heterocycles. The minimum Gasteiger partial charge on any atom is -0.395 e. The number of carbonyl (C=O) groups excluding carboxylic acids is 1. The van der Waals surface area contributed by atoms with E-state index < -0.39 is 25.5 Å². The lowest BCUT2D eigenvalue weighted by Gasteiger charge is -2.20. The number of amides is 1. The Kier molecular flexibility index (Phi) is 6.56. The van der Waals surface area contributed by atoms with Crippen molar-refractivity contribution in [2.45, 2.75) is 6.43 Å². The molecule has 1 aromatic rings. The fourth-order valence-electron chi connectivity index (χ4n) is 1.46. The summed E-state index contributed by atoms with van der Waals surface area (Å²) < 4.78 is 24.7. The summed E-state index contributed by atoms with van der Waals surface area (Å²) >= 11 is 0. The lowest BCUT2D eigenvalue weighted by atomic mass is 10.2. The highest BCUT2D eigenvalue weighted by molar-refractivity contribution is 5.92. The van der Waals surface area contributed by atoms with Crippen LogP contribution >= 0.6 is 0 Å². The van der Waals surface area contributed by atoms with Crippen molar-refractivity contribution in [2.75, 3.05) is 26.3 Å². The van der Waals surface area contributed by atoms with E-state index in [2.05, 4.69) is 16.8 Å². The van der Waals surface area contributed by atoms with Gasteiger partial charge in [-0.05, 0) is 12.1 Å². The number of nitrogens with zero attached hydrogens (tertiary/aromatic N) is 2. The Morgan fingerprint density at radius 3 is 2.65 bits per heavy atom. The van der Waals surface area contributed by atoms with Crippen LogP contribution in [0.3, 0.4) is 0 Å². The molecule has 1 heterocycles. The summed E-state index contributed by atoms with van der Waals surface area (Å²) in [6, 6.07) is 2.86. The summed E-state index contributed by atoms with van der Waals surface area (Å²) in [4.78, 5) is 16.6. The summed E-state index contributed by atoms with van der Waals surface area (Å²) in [5.41, 5.74) is 0.492.